The van der Waals surface area contributed by atoms with Gasteiger partial charge in [-0.1, -0.05) is 62.5 Å². The van der Waals surface area contributed by atoms with Crippen molar-refractivity contribution in [2.24, 2.45) is 23.7 Å². The molecule has 2 aliphatic heterocycles. The first-order valence-corrected chi connectivity index (χ1v) is 17.0. The molecule has 2 nitrogen and oxygen atoms in total. The van der Waals surface area contributed by atoms with Crippen molar-refractivity contribution in [2.45, 2.75) is 52.8 Å². The molecule has 2 aromatic rings. The molecule has 5 rings (SSSR count). The van der Waals surface area contributed by atoms with Gasteiger partial charge in [0.05, 0.1) is 0 Å². The van der Waals surface area contributed by atoms with Gasteiger partial charge in [-0.3, -0.25) is 0 Å². The largest absolute Gasteiger partial charge is 0.464 e. The molecule has 196 valence electrons. The van der Waals surface area contributed by atoms with Gasteiger partial charge in [-0.2, -0.15) is 0 Å². The minimum Gasteiger partial charge on any atom is -0.464 e. The third kappa shape index (κ3) is 6.58. The average molecular weight is 587 g/mol. The van der Waals surface area contributed by atoms with E-state index < -0.39 is 28.7 Å². The van der Waals surface area contributed by atoms with E-state index in [4.69, 9.17) is 18.6 Å². The molecule has 1 saturated carbocycles. The number of thioether (sulfide) groups is 1. The Hall–Kier alpha value is -0.846. The van der Waals surface area contributed by atoms with Crippen LogP contribution in [0, 0.1) is 42.7 Å². The zero-order chi connectivity index (χ0) is 25.9. The number of rotatable bonds is 2. The van der Waals surface area contributed by atoms with Gasteiger partial charge in [0.25, 0.3) is 0 Å². The Labute approximate surface area is 236 Å². The SMILES string of the molecule is CC1=C(C)C2CC(C)C(C(C)C)C2S1.[CH3-].[Cl][Ti][Cl].[N-]=C1c2ccccc2CN1c1c(F)cccc1F. The van der Waals surface area contributed by atoms with Crippen LogP contribution in [0.4, 0.5) is 14.5 Å². The van der Waals surface area contributed by atoms with Crippen LogP contribution >= 0.6 is 30.4 Å². The van der Waals surface area contributed by atoms with Crippen LogP contribution < -0.4 is 4.90 Å². The Bertz CT molecular complexity index is 1070. The van der Waals surface area contributed by atoms with Crippen LogP contribution in [0.5, 0.6) is 0 Å². The second-order valence-electron chi connectivity index (χ2n) is 9.67. The Morgan fingerprint density at radius 1 is 1.06 bits per heavy atom. The van der Waals surface area contributed by atoms with E-state index in [2.05, 4.69) is 46.4 Å². The van der Waals surface area contributed by atoms with Crippen molar-refractivity contribution >= 4 is 41.9 Å². The maximum atomic E-state index is 13.7. The first kappa shape index (κ1) is 31.4. The molecule has 4 unspecified atom stereocenters. The zero-order valence-electron chi connectivity index (χ0n) is 21.7. The molecule has 1 fully saturated rings. The van der Waals surface area contributed by atoms with Gasteiger partial charge >= 0.3 is 35.6 Å². The minimum absolute atomic E-state index is 0. The number of allylic oxidation sites excluding steroid dienone is 2. The van der Waals surface area contributed by atoms with Crippen LogP contribution in [0.25, 0.3) is 5.41 Å². The zero-order valence-corrected chi connectivity index (χ0v) is 25.5. The van der Waals surface area contributed by atoms with Gasteiger partial charge in [-0.15, -0.1) is 11.8 Å². The molecule has 2 heterocycles. The number of para-hydroxylation sites is 1. The van der Waals surface area contributed by atoms with Crippen molar-refractivity contribution < 1.29 is 25.8 Å². The molecule has 0 amide bonds. The maximum Gasteiger partial charge on any atom is 0.129 e. The predicted octanol–water partition coefficient (Wildman–Crippen LogP) is 9.45. The van der Waals surface area contributed by atoms with Crippen LogP contribution in [0.15, 0.2) is 52.9 Å². The fraction of sp³-hybridized carbons (Fsp3) is 0.429. The molecule has 0 spiro atoms. The fourth-order valence-electron chi connectivity index (χ4n) is 5.66. The van der Waals surface area contributed by atoms with E-state index >= 15 is 0 Å². The molecule has 8 heteroatoms. The van der Waals surface area contributed by atoms with E-state index in [1.54, 1.807) is 22.6 Å². The van der Waals surface area contributed by atoms with Gasteiger partial charge < -0.3 is 17.7 Å². The van der Waals surface area contributed by atoms with Crippen LogP contribution in [0.1, 0.15) is 52.2 Å². The number of amidine groups is 1. The summed E-state index contributed by atoms with van der Waals surface area (Å²) in [5, 5.41) is 11.0. The van der Waals surface area contributed by atoms with Crippen LogP contribution in [-0.4, -0.2) is 11.1 Å². The molecule has 0 radical (unpaired) electrons. The molecule has 1 aliphatic carbocycles. The monoisotopic (exact) mass is 586 g/mol. The molecule has 0 aromatic heterocycles. The number of nitrogens with zero attached hydrogens (tertiary/aromatic N) is 2. The Balaban J connectivity index is 0.000000229. The van der Waals surface area contributed by atoms with E-state index in [0.717, 1.165) is 34.5 Å². The van der Waals surface area contributed by atoms with Gasteiger partial charge in [0.1, 0.15) is 11.6 Å². The summed E-state index contributed by atoms with van der Waals surface area (Å²) in [5.74, 6) is 2.14. The molecule has 0 saturated heterocycles. The Kier molecular flexibility index (Phi) is 12.0. The number of hydrogen-bond acceptors (Lipinski definition) is 1. The maximum absolute atomic E-state index is 13.7. The molecule has 2 aromatic carbocycles. The third-order valence-electron chi connectivity index (χ3n) is 7.30. The first-order valence-electron chi connectivity index (χ1n) is 11.8. The van der Waals surface area contributed by atoms with Crippen molar-refractivity contribution in [3.63, 3.8) is 0 Å². The second kappa shape index (κ2) is 13.8. The molecule has 0 bridgehead atoms. The summed E-state index contributed by atoms with van der Waals surface area (Å²) in [5.41, 5.74) is 2.93. The molecule has 4 atom stereocenters. The number of benzene rings is 2. The van der Waals surface area contributed by atoms with Gasteiger partial charge in [0.2, 0.25) is 0 Å². The van der Waals surface area contributed by atoms with Crippen LogP contribution in [0.2, 0.25) is 0 Å². The van der Waals surface area contributed by atoms with E-state index in [9.17, 15) is 14.2 Å². The van der Waals surface area contributed by atoms with Gasteiger partial charge in [0, 0.05) is 10.9 Å². The summed E-state index contributed by atoms with van der Waals surface area (Å²) >= 11 is 1.61. The molecular formula is C28H34Cl2F2N2STi-2. The molecule has 0 N–H and O–H groups in total. The molecule has 3 aliphatic rings. The second-order valence-corrected chi connectivity index (χ2v) is 13.6. The number of hydrogen-bond donors (Lipinski definition) is 0. The summed E-state index contributed by atoms with van der Waals surface area (Å²) in [6.07, 6.45) is 1.43. The molecular weight excluding hydrogens is 553 g/mol. The van der Waals surface area contributed by atoms with Gasteiger partial charge in [-0.05, 0) is 78.6 Å². The Morgan fingerprint density at radius 3 is 2.19 bits per heavy atom. The first-order chi connectivity index (χ1) is 16.6. The summed E-state index contributed by atoms with van der Waals surface area (Å²) in [6.45, 7) is 12.2. The Morgan fingerprint density at radius 2 is 1.64 bits per heavy atom. The van der Waals surface area contributed by atoms with Gasteiger partial charge in [-0.25, -0.2) is 8.78 Å². The normalized spacial score (nSPS) is 23.8. The summed E-state index contributed by atoms with van der Waals surface area (Å²) in [7, 11) is 9.78. The van der Waals surface area contributed by atoms with E-state index in [0.29, 0.717) is 5.56 Å². The van der Waals surface area contributed by atoms with Crippen molar-refractivity contribution in [3.05, 3.63) is 88.5 Å². The van der Waals surface area contributed by atoms with Crippen molar-refractivity contribution in [2.75, 3.05) is 4.90 Å². The van der Waals surface area contributed by atoms with Crippen LogP contribution in [-0.2, 0) is 23.6 Å². The van der Waals surface area contributed by atoms with Crippen molar-refractivity contribution in [1.29, 1.82) is 0 Å². The van der Waals surface area contributed by atoms with Crippen molar-refractivity contribution in [1.82, 2.24) is 0 Å². The van der Waals surface area contributed by atoms with E-state index in [1.165, 1.54) is 29.5 Å². The van der Waals surface area contributed by atoms with Crippen LogP contribution in [0.3, 0.4) is 0 Å². The third-order valence-corrected chi connectivity index (χ3v) is 8.89. The standard InChI is InChI=1S/C14H9F2N2.C13H22S.CH3.2ClH.Ti/c15-11-6-3-7-12(16)13(11)18-8-9-4-1-2-5-10(9)14(18)17;1-7(2)12-8(3)6-11-9(4)10(5)14-13(11)12;;;;/h1-7H,8H2;7-8,11-13H,6H2,1-5H3;1H3;2*1H;/q-1;;-1;;;+2/p-2. The number of fused-ring (bicyclic) bond motifs is 2. The van der Waals surface area contributed by atoms with Crippen molar-refractivity contribution in [3.8, 4) is 0 Å². The van der Waals surface area contributed by atoms with E-state index in [1.807, 2.05) is 12.1 Å². The van der Waals surface area contributed by atoms with Gasteiger partial charge in [0.15, 0.2) is 0 Å². The quantitative estimate of drug-likeness (QED) is 0.258. The number of halogens is 4. The topological polar surface area (TPSA) is 25.5 Å². The number of anilines is 1. The summed E-state index contributed by atoms with van der Waals surface area (Å²) in [6, 6.07) is 10.8. The minimum atomic E-state index is -0.686. The summed E-state index contributed by atoms with van der Waals surface area (Å²) in [4.78, 5) is 2.85. The fourth-order valence-corrected chi connectivity index (χ4v) is 7.63. The summed E-state index contributed by atoms with van der Waals surface area (Å²) < 4.78 is 27.4. The smallest absolute Gasteiger partial charge is 0.129 e. The molecule has 36 heavy (non-hydrogen) atoms. The van der Waals surface area contributed by atoms with E-state index in [-0.39, 0.29) is 25.5 Å². The predicted molar refractivity (Wildman–Crippen MR) is 150 cm³/mol. The average Bonchev–Trinajstić information content (AvgIpc) is 3.39.